The number of rotatable bonds is 0. The molecule has 0 aliphatic rings. The number of benzene rings is 1. The number of thiol groups is 1. The van der Waals surface area contributed by atoms with Crippen LogP contribution in [0.2, 0.25) is 5.02 Å². The lowest BCUT2D eigenvalue weighted by Crippen LogP contribution is -1.79. The van der Waals surface area contributed by atoms with E-state index in [2.05, 4.69) is 24.5 Å². The van der Waals surface area contributed by atoms with Crippen LogP contribution in [-0.2, 0) is 0 Å². The van der Waals surface area contributed by atoms with Gasteiger partial charge in [0, 0.05) is 5.56 Å². The van der Waals surface area contributed by atoms with Gasteiger partial charge >= 0.3 is 0 Å². The average Bonchev–Trinajstić information content (AvgIpc) is 2.07. The quantitative estimate of drug-likeness (QED) is 0.479. The average molecular weight is 197 g/mol. The minimum absolute atomic E-state index is 0.560. The number of hydrogen-bond acceptors (Lipinski definition) is 1. The first-order valence-electron chi connectivity index (χ1n) is 3.60. The molecule has 0 saturated carbocycles. The summed E-state index contributed by atoms with van der Waals surface area (Å²) < 4.78 is 0. The van der Waals surface area contributed by atoms with Crippen molar-refractivity contribution in [3.05, 3.63) is 34.3 Å². The molecule has 0 spiro atoms. The number of hydrogen-bond donors (Lipinski definition) is 1. The number of aryl methyl sites for hydroxylation is 1. The highest BCUT2D eigenvalue weighted by Crippen LogP contribution is 2.15. The third kappa shape index (κ3) is 2.48. The molecule has 0 fully saturated rings. The van der Waals surface area contributed by atoms with E-state index in [9.17, 15) is 0 Å². The van der Waals surface area contributed by atoms with Crippen molar-refractivity contribution in [1.82, 2.24) is 0 Å². The van der Waals surface area contributed by atoms with E-state index < -0.39 is 0 Å². The van der Waals surface area contributed by atoms with Crippen molar-refractivity contribution in [3.63, 3.8) is 0 Å². The van der Waals surface area contributed by atoms with Gasteiger partial charge in [-0.1, -0.05) is 29.5 Å². The van der Waals surface area contributed by atoms with Crippen LogP contribution in [-0.4, -0.2) is 5.75 Å². The van der Waals surface area contributed by atoms with Crippen molar-refractivity contribution < 1.29 is 0 Å². The van der Waals surface area contributed by atoms with Gasteiger partial charge in [-0.25, -0.2) is 0 Å². The first-order valence-corrected chi connectivity index (χ1v) is 4.61. The molecule has 0 aliphatic heterocycles. The fourth-order valence-electron chi connectivity index (χ4n) is 0.870. The highest BCUT2D eigenvalue weighted by atomic mass is 35.5. The molecule has 0 aromatic heterocycles. The van der Waals surface area contributed by atoms with Crippen molar-refractivity contribution in [2.75, 3.05) is 5.75 Å². The van der Waals surface area contributed by atoms with Gasteiger partial charge in [0.1, 0.15) is 0 Å². The molecule has 0 radical (unpaired) electrons. The predicted molar refractivity (Wildman–Crippen MR) is 56.9 cm³/mol. The summed E-state index contributed by atoms with van der Waals surface area (Å²) in [6.45, 7) is 2.02. The topological polar surface area (TPSA) is 0 Å². The Bertz CT molecular complexity index is 333. The third-order valence-electron chi connectivity index (χ3n) is 1.42. The van der Waals surface area contributed by atoms with Crippen LogP contribution < -0.4 is 0 Å². The van der Waals surface area contributed by atoms with Gasteiger partial charge in [0.25, 0.3) is 0 Å². The molecule has 62 valence electrons. The Morgan fingerprint density at radius 2 is 2.25 bits per heavy atom. The first kappa shape index (κ1) is 9.51. The van der Waals surface area contributed by atoms with Crippen LogP contribution in [0.25, 0.3) is 0 Å². The molecule has 0 N–H and O–H groups in total. The normalized spacial score (nSPS) is 8.92. The summed E-state index contributed by atoms with van der Waals surface area (Å²) in [6.07, 6.45) is 0. The van der Waals surface area contributed by atoms with Gasteiger partial charge in [0.15, 0.2) is 0 Å². The van der Waals surface area contributed by atoms with Crippen LogP contribution in [0.1, 0.15) is 11.1 Å². The summed E-state index contributed by atoms with van der Waals surface area (Å²) in [5.74, 6) is 6.37. The predicted octanol–water partition coefficient (Wildman–Crippen LogP) is 2.93. The van der Waals surface area contributed by atoms with Gasteiger partial charge in [-0.15, -0.1) is 0 Å². The molecule has 0 heterocycles. The van der Waals surface area contributed by atoms with Gasteiger partial charge in [-0.2, -0.15) is 12.6 Å². The zero-order chi connectivity index (χ0) is 8.97. The Morgan fingerprint density at radius 1 is 1.50 bits per heavy atom. The van der Waals surface area contributed by atoms with E-state index in [1.54, 1.807) is 0 Å². The largest absolute Gasteiger partial charge is 0.166 e. The second kappa shape index (κ2) is 4.45. The fourth-order valence-corrected chi connectivity index (χ4v) is 1.11. The fraction of sp³-hybridized carbons (Fsp3) is 0.200. The van der Waals surface area contributed by atoms with Crippen molar-refractivity contribution in [2.24, 2.45) is 0 Å². The monoisotopic (exact) mass is 196 g/mol. The molecule has 0 unspecified atom stereocenters. The molecule has 0 nitrogen and oxygen atoms in total. The van der Waals surface area contributed by atoms with Gasteiger partial charge in [-0.3, -0.25) is 0 Å². The summed E-state index contributed by atoms with van der Waals surface area (Å²) in [4.78, 5) is 0. The molecule has 0 amide bonds. The minimum atomic E-state index is 0.560. The van der Waals surface area contributed by atoms with E-state index in [-0.39, 0.29) is 0 Å². The smallest absolute Gasteiger partial charge is 0.0562 e. The first-order chi connectivity index (χ1) is 5.74. The Balaban J connectivity index is 3.05. The lowest BCUT2D eigenvalue weighted by Gasteiger charge is -1.96. The van der Waals surface area contributed by atoms with Crippen molar-refractivity contribution in [3.8, 4) is 11.8 Å². The molecule has 12 heavy (non-hydrogen) atoms. The summed E-state index contributed by atoms with van der Waals surface area (Å²) in [5, 5.41) is 0.704. The molecule has 0 atom stereocenters. The molecule has 1 aromatic rings. The van der Waals surface area contributed by atoms with E-state index in [1.807, 2.05) is 25.1 Å². The molecular weight excluding hydrogens is 188 g/mol. The zero-order valence-electron chi connectivity index (χ0n) is 6.76. The number of halogens is 1. The SMILES string of the molecule is Cc1ccc(Cl)c(C#CCS)c1. The maximum atomic E-state index is 5.90. The van der Waals surface area contributed by atoms with E-state index in [0.717, 1.165) is 5.56 Å². The lowest BCUT2D eigenvalue weighted by atomic mass is 10.1. The van der Waals surface area contributed by atoms with Crippen LogP contribution >= 0.6 is 24.2 Å². The molecule has 2 heteroatoms. The molecule has 0 bridgehead atoms. The molecule has 1 rings (SSSR count). The molecule has 0 aliphatic carbocycles. The molecular formula is C10H9ClS. The Hall–Kier alpha value is -0.580. The Labute approximate surface area is 83.3 Å². The molecule has 0 saturated heterocycles. The lowest BCUT2D eigenvalue weighted by molar-refractivity contribution is 1.45. The van der Waals surface area contributed by atoms with Crippen LogP contribution in [0.4, 0.5) is 0 Å². The van der Waals surface area contributed by atoms with Gasteiger partial charge < -0.3 is 0 Å². The van der Waals surface area contributed by atoms with Crippen molar-refractivity contribution in [2.45, 2.75) is 6.92 Å². The second-order valence-corrected chi connectivity index (χ2v) is 3.17. The van der Waals surface area contributed by atoms with Crippen molar-refractivity contribution in [1.29, 1.82) is 0 Å². The van der Waals surface area contributed by atoms with E-state index >= 15 is 0 Å². The summed E-state index contributed by atoms with van der Waals surface area (Å²) in [7, 11) is 0. The summed E-state index contributed by atoms with van der Waals surface area (Å²) >= 11 is 9.90. The van der Waals surface area contributed by atoms with Crippen LogP contribution in [0.5, 0.6) is 0 Å². The van der Waals surface area contributed by atoms with Gasteiger partial charge in [-0.05, 0) is 24.6 Å². The molecule has 1 aromatic carbocycles. The minimum Gasteiger partial charge on any atom is -0.166 e. The maximum Gasteiger partial charge on any atom is 0.0562 e. The third-order valence-corrected chi connectivity index (χ3v) is 1.91. The van der Waals surface area contributed by atoms with Gasteiger partial charge in [0.2, 0.25) is 0 Å². The van der Waals surface area contributed by atoms with Gasteiger partial charge in [0.05, 0.1) is 10.8 Å². The van der Waals surface area contributed by atoms with Crippen LogP contribution in [0.15, 0.2) is 18.2 Å². The summed E-state index contributed by atoms with van der Waals surface area (Å²) in [5.41, 5.74) is 2.05. The van der Waals surface area contributed by atoms with Crippen molar-refractivity contribution >= 4 is 24.2 Å². The highest BCUT2D eigenvalue weighted by Gasteiger charge is 1.95. The standard InChI is InChI=1S/C10H9ClS/c1-8-4-5-10(11)9(7-8)3-2-6-12/h4-5,7,12H,6H2,1H3. The van der Waals surface area contributed by atoms with E-state index in [1.165, 1.54) is 5.56 Å². The maximum absolute atomic E-state index is 5.90. The Morgan fingerprint density at radius 3 is 2.92 bits per heavy atom. The van der Waals surface area contributed by atoms with E-state index in [4.69, 9.17) is 11.6 Å². The zero-order valence-corrected chi connectivity index (χ0v) is 8.41. The Kier molecular flexibility index (Phi) is 3.52. The van der Waals surface area contributed by atoms with Crippen LogP contribution in [0, 0.1) is 18.8 Å². The van der Waals surface area contributed by atoms with Crippen LogP contribution in [0.3, 0.4) is 0 Å². The second-order valence-electron chi connectivity index (χ2n) is 2.44. The highest BCUT2D eigenvalue weighted by molar-refractivity contribution is 7.80. The summed E-state index contributed by atoms with van der Waals surface area (Å²) in [6, 6.07) is 5.80. The van der Waals surface area contributed by atoms with E-state index in [0.29, 0.717) is 10.8 Å².